The van der Waals surface area contributed by atoms with Crippen LogP contribution in [0.4, 0.5) is 0 Å². The van der Waals surface area contributed by atoms with Crippen LogP contribution in [0.3, 0.4) is 0 Å². The SMILES string of the molecule is c1ccc(-c2nc(-c3cccc4c3sc3ccccc34)nc(-c3nc(-c4ccc5c(c4)c4ccccc4n5-c4ccccc4)nc4c3sc3ccccc34)n2)cc1. The van der Waals surface area contributed by atoms with E-state index in [2.05, 4.69) is 144 Å². The molecular formula is C49H28N6S2. The zero-order chi connectivity index (χ0) is 37.5. The molecule has 6 nitrogen and oxygen atoms in total. The van der Waals surface area contributed by atoms with E-state index in [1.54, 1.807) is 22.7 Å². The fourth-order valence-corrected chi connectivity index (χ4v) is 10.4. The lowest BCUT2D eigenvalue weighted by Gasteiger charge is -2.11. The third-order valence-corrected chi connectivity index (χ3v) is 13.1. The molecule has 0 N–H and O–H groups in total. The second-order valence-electron chi connectivity index (χ2n) is 14.0. The van der Waals surface area contributed by atoms with Crippen molar-refractivity contribution in [3.8, 4) is 51.4 Å². The van der Waals surface area contributed by atoms with E-state index < -0.39 is 0 Å². The van der Waals surface area contributed by atoms with Crippen LogP contribution in [0.15, 0.2) is 170 Å². The normalized spacial score (nSPS) is 11.9. The highest BCUT2D eigenvalue weighted by Gasteiger charge is 2.23. The molecule has 0 unspecified atom stereocenters. The quantitative estimate of drug-likeness (QED) is 0.175. The Kier molecular flexibility index (Phi) is 7.17. The fraction of sp³-hybridized carbons (Fsp3) is 0. The Balaban J connectivity index is 1.12. The molecule has 0 atom stereocenters. The fourth-order valence-electron chi connectivity index (χ4n) is 8.08. The molecule has 12 aromatic rings. The Morgan fingerprint density at radius 3 is 1.82 bits per heavy atom. The lowest BCUT2D eigenvalue weighted by atomic mass is 10.1. The van der Waals surface area contributed by atoms with Gasteiger partial charge in [0.05, 0.1) is 21.3 Å². The summed E-state index contributed by atoms with van der Waals surface area (Å²) in [6, 6.07) is 59.2. The third-order valence-electron chi connectivity index (χ3n) is 10.7. The lowest BCUT2D eigenvalue weighted by molar-refractivity contribution is 1.06. The van der Waals surface area contributed by atoms with Crippen LogP contribution < -0.4 is 0 Å². The second kappa shape index (κ2) is 12.7. The van der Waals surface area contributed by atoms with Crippen molar-refractivity contribution in [2.24, 2.45) is 0 Å². The van der Waals surface area contributed by atoms with Gasteiger partial charge in [-0.3, -0.25) is 0 Å². The van der Waals surface area contributed by atoms with Crippen molar-refractivity contribution in [1.82, 2.24) is 29.5 Å². The van der Waals surface area contributed by atoms with E-state index in [4.69, 9.17) is 24.9 Å². The van der Waals surface area contributed by atoms with Crippen LogP contribution in [0.25, 0.3) is 114 Å². The summed E-state index contributed by atoms with van der Waals surface area (Å²) < 4.78 is 6.78. The van der Waals surface area contributed by atoms with Gasteiger partial charge in [-0.2, -0.15) is 0 Å². The minimum absolute atomic E-state index is 0.513. The molecule has 0 saturated heterocycles. The second-order valence-corrected chi connectivity index (χ2v) is 16.1. The maximum Gasteiger partial charge on any atom is 0.184 e. The van der Waals surface area contributed by atoms with Gasteiger partial charge in [0.2, 0.25) is 0 Å². The highest BCUT2D eigenvalue weighted by Crippen LogP contribution is 2.42. The van der Waals surface area contributed by atoms with Crippen molar-refractivity contribution in [3.63, 3.8) is 0 Å². The van der Waals surface area contributed by atoms with Gasteiger partial charge in [0, 0.05) is 63.4 Å². The molecule has 0 aliphatic rings. The van der Waals surface area contributed by atoms with E-state index in [-0.39, 0.29) is 0 Å². The van der Waals surface area contributed by atoms with Crippen LogP contribution in [0.5, 0.6) is 0 Å². The highest BCUT2D eigenvalue weighted by molar-refractivity contribution is 7.26. The zero-order valence-corrected chi connectivity index (χ0v) is 31.8. The molecule has 0 saturated carbocycles. The van der Waals surface area contributed by atoms with Crippen LogP contribution in [-0.2, 0) is 0 Å². The zero-order valence-electron chi connectivity index (χ0n) is 30.2. The predicted molar refractivity (Wildman–Crippen MR) is 237 cm³/mol. The molecule has 0 spiro atoms. The first-order valence-electron chi connectivity index (χ1n) is 18.8. The van der Waals surface area contributed by atoms with Crippen molar-refractivity contribution in [2.75, 3.05) is 0 Å². The van der Waals surface area contributed by atoms with Crippen molar-refractivity contribution in [2.45, 2.75) is 0 Å². The molecule has 0 radical (unpaired) electrons. The summed E-state index contributed by atoms with van der Waals surface area (Å²) in [5.74, 6) is 2.34. The molecule has 57 heavy (non-hydrogen) atoms. The summed E-state index contributed by atoms with van der Waals surface area (Å²) >= 11 is 3.44. The van der Waals surface area contributed by atoms with Crippen molar-refractivity contribution in [1.29, 1.82) is 0 Å². The first-order chi connectivity index (χ1) is 28.2. The molecule has 5 heterocycles. The van der Waals surface area contributed by atoms with Crippen LogP contribution in [0.2, 0.25) is 0 Å². The average Bonchev–Trinajstić information content (AvgIpc) is 3.96. The Morgan fingerprint density at radius 2 is 0.982 bits per heavy atom. The topological polar surface area (TPSA) is 69.4 Å². The van der Waals surface area contributed by atoms with Gasteiger partial charge in [-0.25, -0.2) is 24.9 Å². The van der Waals surface area contributed by atoms with Gasteiger partial charge in [-0.05, 0) is 54.6 Å². The first-order valence-corrected chi connectivity index (χ1v) is 20.4. The van der Waals surface area contributed by atoms with E-state index >= 15 is 0 Å². The molecule has 0 aliphatic carbocycles. The highest BCUT2D eigenvalue weighted by atomic mass is 32.1. The van der Waals surface area contributed by atoms with Gasteiger partial charge < -0.3 is 4.57 Å². The molecule has 0 bridgehead atoms. The number of thiophene rings is 2. The molecule has 0 aliphatic heterocycles. The van der Waals surface area contributed by atoms with Crippen molar-refractivity contribution in [3.05, 3.63) is 170 Å². The summed E-state index contributed by atoms with van der Waals surface area (Å²) in [7, 11) is 0. The lowest BCUT2D eigenvalue weighted by Crippen LogP contribution is -2.03. The van der Waals surface area contributed by atoms with E-state index in [1.165, 1.54) is 20.9 Å². The first kappa shape index (κ1) is 32.1. The summed E-state index contributed by atoms with van der Waals surface area (Å²) in [4.78, 5) is 26.4. The summed E-state index contributed by atoms with van der Waals surface area (Å²) in [6.07, 6.45) is 0. The van der Waals surface area contributed by atoms with Gasteiger partial charge in [0.15, 0.2) is 23.3 Å². The molecule has 5 aromatic heterocycles. The van der Waals surface area contributed by atoms with E-state index in [0.717, 1.165) is 63.8 Å². The summed E-state index contributed by atoms with van der Waals surface area (Å²) in [5, 5.41) is 5.81. The smallest absolute Gasteiger partial charge is 0.184 e. The number of para-hydroxylation sites is 2. The summed E-state index contributed by atoms with van der Waals surface area (Å²) in [6.45, 7) is 0. The van der Waals surface area contributed by atoms with Crippen LogP contribution in [0.1, 0.15) is 0 Å². The minimum atomic E-state index is 0.513. The standard InChI is InChI=1S/C49H28N6S2/c1-3-14-29(15-4-1)46-52-48(36-22-13-21-34-33-19-8-11-24-40(33)56-44(34)36)54-49(53-46)43-45-42(35-20-9-12-25-41(35)57-45)50-47(51-43)30-26-27-39-37(28-30)32-18-7-10-23-38(32)55(39)31-16-5-2-6-17-31/h1-28H. The van der Waals surface area contributed by atoms with Crippen LogP contribution in [-0.4, -0.2) is 29.5 Å². The van der Waals surface area contributed by atoms with E-state index in [9.17, 15) is 0 Å². The van der Waals surface area contributed by atoms with Gasteiger partial charge in [-0.1, -0.05) is 115 Å². The monoisotopic (exact) mass is 764 g/mol. The Bertz CT molecular complexity index is 3530. The maximum absolute atomic E-state index is 5.40. The molecular weight excluding hydrogens is 737 g/mol. The number of aromatic nitrogens is 6. The molecule has 0 amide bonds. The number of nitrogens with zero attached hydrogens (tertiary/aromatic N) is 6. The van der Waals surface area contributed by atoms with Gasteiger partial charge in [0.1, 0.15) is 5.69 Å². The van der Waals surface area contributed by atoms with Gasteiger partial charge in [-0.15, -0.1) is 22.7 Å². The van der Waals surface area contributed by atoms with E-state index in [0.29, 0.717) is 29.0 Å². The van der Waals surface area contributed by atoms with E-state index in [1.807, 2.05) is 30.3 Å². The number of hydrogen-bond donors (Lipinski definition) is 0. The predicted octanol–water partition coefficient (Wildman–Crippen LogP) is 13.2. The molecule has 266 valence electrons. The van der Waals surface area contributed by atoms with Gasteiger partial charge in [0.25, 0.3) is 0 Å². The summed E-state index contributed by atoms with van der Waals surface area (Å²) in [5.41, 5.74) is 7.76. The molecule has 0 fully saturated rings. The minimum Gasteiger partial charge on any atom is -0.309 e. The Labute approximate surface area is 334 Å². The third kappa shape index (κ3) is 5.12. The Morgan fingerprint density at radius 1 is 0.368 bits per heavy atom. The molecule has 12 rings (SSSR count). The number of benzene rings is 7. The molecule has 7 aromatic carbocycles. The van der Waals surface area contributed by atoms with Crippen LogP contribution in [0, 0.1) is 0 Å². The average molecular weight is 765 g/mol. The van der Waals surface area contributed by atoms with Crippen molar-refractivity contribution >= 4 is 85.0 Å². The number of fused-ring (bicyclic) bond motifs is 9. The number of hydrogen-bond acceptors (Lipinski definition) is 7. The number of rotatable bonds is 5. The van der Waals surface area contributed by atoms with Gasteiger partial charge >= 0.3 is 0 Å². The molecule has 8 heteroatoms. The maximum atomic E-state index is 5.40. The van der Waals surface area contributed by atoms with Crippen LogP contribution >= 0.6 is 22.7 Å². The van der Waals surface area contributed by atoms with Crippen molar-refractivity contribution < 1.29 is 0 Å². The Hall–Kier alpha value is -7.13. The largest absolute Gasteiger partial charge is 0.309 e.